The van der Waals surface area contributed by atoms with E-state index in [1.807, 2.05) is 0 Å². The van der Waals surface area contributed by atoms with E-state index in [1.165, 1.54) is 31.4 Å². The van der Waals surface area contributed by atoms with Crippen molar-refractivity contribution in [3.63, 3.8) is 0 Å². The fourth-order valence-corrected chi connectivity index (χ4v) is 4.92. The number of benzene rings is 2. The Balaban J connectivity index is 1.58. The molecule has 0 unspecified atom stereocenters. The molecule has 2 fully saturated rings. The number of hydrogen-bond donors (Lipinski definition) is 1. The van der Waals surface area contributed by atoms with Crippen LogP contribution in [0, 0.1) is 17.7 Å². The molecule has 3 heterocycles. The summed E-state index contributed by atoms with van der Waals surface area (Å²) in [6.07, 6.45) is 0. The first-order valence-corrected chi connectivity index (χ1v) is 10.2. The number of nitrogens with zero attached hydrogens (tertiary/aromatic N) is 1. The lowest BCUT2D eigenvalue weighted by atomic mass is 9.80. The predicted molar refractivity (Wildman–Crippen MR) is 110 cm³/mol. The first kappa shape index (κ1) is 20.4. The molecule has 2 saturated heterocycles. The third-order valence-electron chi connectivity index (χ3n) is 6.41. The fourth-order valence-electron chi connectivity index (χ4n) is 4.92. The first-order chi connectivity index (χ1) is 15.3. The van der Waals surface area contributed by atoms with E-state index in [2.05, 4.69) is 5.32 Å². The van der Waals surface area contributed by atoms with Crippen molar-refractivity contribution in [1.29, 1.82) is 0 Å². The number of anilines is 1. The smallest absolute Gasteiger partial charge is 0.326 e. The summed E-state index contributed by atoms with van der Waals surface area (Å²) < 4.78 is 29.6. The topological polar surface area (TPSA) is 94.2 Å². The molecule has 166 valence electrons. The van der Waals surface area contributed by atoms with E-state index in [1.54, 1.807) is 25.1 Å². The molecule has 2 amide bonds. The minimum absolute atomic E-state index is 0.337. The maximum absolute atomic E-state index is 13.6. The molecule has 0 aliphatic carbocycles. The number of rotatable bonds is 3. The summed E-state index contributed by atoms with van der Waals surface area (Å²) >= 11 is 0. The highest BCUT2D eigenvalue weighted by atomic mass is 19.1. The van der Waals surface area contributed by atoms with E-state index in [4.69, 9.17) is 14.2 Å². The summed E-state index contributed by atoms with van der Waals surface area (Å²) in [4.78, 5) is 41.0. The lowest BCUT2D eigenvalue weighted by Crippen LogP contribution is -2.54. The highest BCUT2D eigenvalue weighted by Crippen LogP contribution is 2.50. The number of halogens is 1. The minimum atomic E-state index is -1.44. The highest BCUT2D eigenvalue weighted by Gasteiger charge is 2.67. The number of ether oxygens (including phenoxy) is 3. The molecule has 4 atom stereocenters. The Hall–Kier alpha value is -3.46. The molecule has 0 spiro atoms. The standard InChI is InChI=1S/C23H21FN2O6/c1-23(22(29)30-2)18-17(19(25-23)12-3-5-13(24)6-4-12)20(27)26(21(18)28)14-7-8-15-16(11-14)32-10-9-31-15/h3-8,11,17-19,25H,9-10H2,1-2H3/t17-,18-,19+,23+/m0/s1. The van der Waals surface area contributed by atoms with Gasteiger partial charge in [0.15, 0.2) is 11.5 Å². The van der Waals surface area contributed by atoms with Gasteiger partial charge in [-0.2, -0.15) is 0 Å². The van der Waals surface area contributed by atoms with Gasteiger partial charge in [-0.1, -0.05) is 12.1 Å². The number of nitrogens with one attached hydrogen (secondary N) is 1. The molecule has 9 heteroatoms. The summed E-state index contributed by atoms with van der Waals surface area (Å²) in [5.74, 6) is -2.93. The van der Waals surface area contributed by atoms with Crippen molar-refractivity contribution < 1.29 is 33.0 Å². The molecule has 32 heavy (non-hydrogen) atoms. The number of hydrogen-bond acceptors (Lipinski definition) is 7. The fraction of sp³-hybridized carbons (Fsp3) is 0.348. The van der Waals surface area contributed by atoms with Crippen LogP contribution in [-0.2, 0) is 19.1 Å². The van der Waals surface area contributed by atoms with Gasteiger partial charge in [0, 0.05) is 12.1 Å². The second-order valence-electron chi connectivity index (χ2n) is 8.21. The molecule has 0 bridgehead atoms. The van der Waals surface area contributed by atoms with Crippen LogP contribution in [0.5, 0.6) is 11.5 Å². The summed E-state index contributed by atoms with van der Waals surface area (Å²) in [7, 11) is 1.23. The third-order valence-corrected chi connectivity index (χ3v) is 6.41. The summed E-state index contributed by atoms with van der Waals surface area (Å²) in [6, 6.07) is 9.80. The van der Waals surface area contributed by atoms with Crippen molar-refractivity contribution in [3.05, 3.63) is 53.8 Å². The molecule has 8 nitrogen and oxygen atoms in total. The van der Waals surface area contributed by atoms with Gasteiger partial charge in [-0.15, -0.1) is 0 Å². The highest BCUT2D eigenvalue weighted by molar-refractivity contribution is 6.24. The van der Waals surface area contributed by atoms with Crippen LogP contribution in [0.3, 0.4) is 0 Å². The van der Waals surface area contributed by atoms with Crippen LogP contribution in [0.15, 0.2) is 42.5 Å². The van der Waals surface area contributed by atoms with E-state index < -0.39 is 47.0 Å². The van der Waals surface area contributed by atoms with E-state index >= 15 is 0 Å². The van der Waals surface area contributed by atoms with Crippen molar-refractivity contribution in [1.82, 2.24) is 5.32 Å². The van der Waals surface area contributed by atoms with Crippen molar-refractivity contribution in [2.24, 2.45) is 11.8 Å². The number of fused-ring (bicyclic) bond motifs is 2. The molecule has 1 N–H and O–H groups in total. The van der Waals surface area contributed by atoms with Gasteiger partial charge in [-0.3, -0.25) is 19.7 Å². The van der Waals surface area contributed by atoms with Crippen molar-refractivity contribution >= 4 is 23.5 Å². The Morgan fingerprint density at radius 3 is 2.47 bits per heavy atom. The normalized spacial score (nSPS) is 28.6. The van der Waals surface area contributed by atoms with E-state index in [-0.39, 0.29) is 0 Å². The van der Waals surface area contributed by atoms with Crippen LogP contribution in [0.1, 0.15) is 18.5 Å². The van der Waals surface area contributed by atoms with E-state index in [9.17, 15) is 18.8 Å². The Bertz CT molecular complexity index is 1120. The monoisotopic (exact) mass is 440 g/mol. The van der Waals surface area contributed by atoms with Gasteiger partial charge in [0.05, 0.1) is 24.6 Å². The molecular weight excluding hydrogens is 419 g/mol. The molecule has 0 aromatic heterocycles. The van der Waals surface area contributed by atoms with Gasteiger partial charge in [-0.25, -0.2) is 9.29 Å². The molecular formula is C23H21FN2O6. The molecule has 2 aromatic carbocycles. The van der Waals surface area contributed by atoms with Crippen molar-refractivity contribution in [3.8, 4) is 11.5 Å². The van der Waals surface area contributed by atoms with Gasteiger partial charge >= 0.3 is 5.97 Å². The number of amides is 2. The molecule has 3 aliphatic heterocycles. The van der Waals surface area contributed by atoms with Crippen molar-refractivity contribution in [2.75, 3.05) is 25.2 Å². The van der Waals surface area contributed by atoms with Gasteiger partial charge in [0.25, 0.3) is 0 Å². The van der Waals surface area contributed by atoms with Crippen LogP contribution < -0.4 is 19.7 Å². The summed E-state index contributed by atoms with van der Waals surface area (Å²) in [5, 5.41) is 3.13. The number of esters is 1. The lowest BCUT2D eigenvalue weighted by Gasteiger charge is -2.29. The Morgan fingerprint density at radius 2 is 1.78 bits per heavy atom. The van der Waals surface area contributed by atoms with E-state index in [0.717, 1.165) is 4.90 Å². The van der Waals surface area contributed by atoms with Gasteiger partial charge in [0.2, 0.25) is 11.8 Å². The van der Waals surface area contributed by atoms with Crippen LogP contribution in [0.4, 0.5) is 10.1 Å². The maximum Gasteiger partial charge on any atom is 0.326 e. The first-order valence-electron chi connectivity index (χ1n) is 10.2. The SMILES string of the molecule is COC(=O)[C@]1(C)N[C@H](c2ccc(F)cc2)[C@H]2C(=O)N(c3ccc4c(c3)OCCO4)C(=O)[C@H]21. The van der Waals surface area contributed by atoms with Crippen LogP contribution in [0.2, 0.25) is 0 Å². The second kappa shape index (κ2) is 7.30. The molecule has 0 radical (unpaired) electrons. The molecule has 0 saturated carbocycles. The lowest BCUT2D eigenvalue weighted by molar-refractivity contribution is -0.151. The average molecular weight is 440 g/mol. The molecule has 5 rings (SSSR count). The van der Waals surface area contributed by atoms with Gasteiger partial charge < -0.3 is 14.2 Å². The summed E-state index contributed by atoms with van der Waals surface area (Å²) in [6.45, 7) is 2.33. The van der Waals surface area contributed by atoms with Crippen LogP contribution in [0.25, 0.3) is 0 Å². The Morgan fingerprint density at radius 1 is 1.09 bits per heavy atom. The zero-order valence-corrected chi connectivity index (χ0v) is 17.5. The van der Waals surface area contributed by atoms with E-state index in [0.29, 0.717) is 36.0 Å². The zero-order chi connectivity index (χ0) is 22.6. The number of carbonyl (C=O) groups excluding carboxylic acids is 3. The molecule has 2 aromatic rings. The number of imide groups is 1. The van der Waals surface area contributed by atoms with Crippen LogP contribution in [-0.4, -0.2) is 43.6 Å². The third kappa shape index (κ3) is 2.88. The summed E-state index contributed by atoms with van der Waals surface area (Å²) in [5.41, 5.74) is -0.503. The van der Waals surface area contributed by atoms with Gasteiger partial charge in [0.1, 0.15) is 24.6 Å². The second-order valence-corrected chi connectivity index (χ2v) is 8.21. The van der Waals surface area contributed by atoms with Gasteiger partial charge in [-0.05, 0) is 36.8 Å². The largest absolute Gasteiger partial charge is 0.486 e. The number of carbonyl (C=O) groups is 3. The minimum Gasteiger partial charge on any atom is -0.486 e. The quantitative estimate of drug-likeness (QED) is 0.576. The van der Waals surface area contributed by atoms with Crippen molar-refractivity contribution in [2.45, 2.75) is 18.5 Å². The maximum atomic E-state index is 13.6. The Kier molecular flexibility index (Phi) is 4.67. The predicted octanol–water partition coefficient (Wildman–Crippen LogP) is 1.98. The average Bonchev–Trinajstić information content (AvgIpc) is 3.26. The zero-order valence-electron chi connectivity index (χ0n) is 17.5. The molecule has 3 aliphatic rings. The number of methoxy groups -OCH3 is 1. The van der Waals surface area contributed by atoms with Crippen LogP contribution >= 0.6 is 0 Å². The Labute approximate surface area is 183 Å².